The van der Waals surface area contributed by atoms with E-state index in [4.69, 9.17) is 5.10 Å². The molecule has 0 atom stereocenters. The number of anilines is 1. The summed E-state index contributed by atoms with van der Waals surface area (Å²) in [4.78, 5) is 3.62. The Labute approximate surface area is 165 Å². The van der Waals surface area contributed by atoms with Crippen molar-refractivity contribution in [3.63, 3.8) is 0 Å². The third-order valence-electron chi connectivity index (χ3n) is 5.83. The molecule has 1 aliphatic heterocycles. The van der Waals surface area contributed by atoms with E-state index in [9.17, 15) is 0 Å². The molecule has 0 fully saturated rings. The third-order valence-corrected chi connectivity index (χ3v) is 5.83. The molecule has 3 nitrogen and oxygen atoms in total. The van der Waals surface area contributed by atoms with Gasteiger partial charge in [-0.1, -0.05) is 55.0 Å². The Morgan fingerprint density at radius 2 is 2.00 bits per heavy atom. The van der Waals surface area contributed by atoms with E-state index >= 15 is 0 Å². The minimum atomic E-state index is 0.969. The van der Waals surface area contributed by atoms with E-state index in [1.807, 2.05) is 6.21 Å². The first-order valence-corrected chi connectivity index (χ1v) is 10.2. The summed E-state index contributed by atoms with van der Waals surface area (Å²) in [5.74, 6) is 0. The molecule has 0 unspecified atom stereocenters. The summed E-state index contributed by atoms with van der Waals surface area (Å²) in [5.41, 5.74) is 8.91. The van der Waals surface area contributed by atoms with Crippen molar-refractivity contribution < 1.29 is 0 Å². The second-order valence-corrected chi connectivity index (χ2v) is 7.69. The van der Waals surface area contributed by atoms with Crippen molar-refractivity contribution in [3.05, 3.63) is 76.9 Å². The first kappa shape index (κ1) is 17.1. The molecule has 2 heterocycles. The third kappa shape index (κ3) is 2.78. The monoisotopic (exact) mass is 367 g/mol. The van der Waals surface area contributed by atoms with Crippen LogP contribution in [-0.2, 0) is 12.8 Å². The Morgan fingerprint density at radius 1 is 1.11 bits per heavy atom. The highest BCUT2D eigenvalue weighted by atomic mass is 15.5. The number of H-pyrrole nitrogens is 1. The van der Waals surface area contributed by atoms with E-state index in [-0.39, 0.29) is 0 Å². The molecule has 28 heavy (non-hydrogen) atoms. The van der Waals surface area contributed by atoms with Gasteiger partial charge < -0.3 is 4.98 Å². The van der Waals surface area contributed by atoms with Crippen LogP contribution in [0.4, 0.5) is 5.69 Å². The summed E-state index contributed by atoms with van der Waals surface area (Å²) in [6, 6.07) is 19.7. The van der Waals surface area contributed by atoms with Crippen molar-refractivity contribution in [3.8, 4) is 0 Å². The van der Waals surface area contributed by atoms with Crippen LogP contribution < -0.4 is 5.01 Å². The molecule has 3 heteroatoms. The highest BCUT2D eigenvalue weighted by molar-refractivity contribution is 6.15. The van der Waals surface area contributed by atoms with Gasteiger partial charge in [-0.2, -0.15) is 5.10 Å². The molecule has 140 valence electrons. The molecule has 0 bridgehead atoms. The Morgan fingerprint density at radius 3 is 2.89 bits per heavy atom. The molecular weight excluding hydrogens is 342 g/mol. The molecule has 0 radical (unpaired) electrons. The zero-order valence-corrected chi connectivity index (χ0v) is 16.5. The second-order valence-electron chi connectivity index (χ2n) is 7.69. The fourth-order valence-electron chi connectivity index (χ4n) is 4.40. The summed E-state index contributed by atoms with van der Waals surface area (Å²) in [6.45, 7) is 5.34. The average Bonchev–Trinajstić information content (AvgIpc) is 3.11. The van der Waals surface area contributed by atoms with Crippen molar-refractivity contribution in [2.45, 2.75) is 33.1 Å². The maximum Gasteiger partial charge on any atom is 0.0626 e. The van der Waals surface area contributed by atoms with Gasteiger partial charge >= 0.3 is 0 Å². The quantitative estimate of drug-likeness (QED) is 0.444. The van der Waals surface area contributed by atoms with Gasteiger partial charge in [-0.25, -0.2) is 0 Å². The molecule has 3 aromatic carbocycles. The highest BCUT2D eigenvalue weighted by Gasteiger charge is 2.16. The lowest BCUT2D eigenvalue weighted by molar-refractivity contribution is 0.716. The van der Waals surface area contributed by atoms with Crippen LogP contribution in [0.25, 0.3) is 21.8 Å². The number of aryl methyl sites for hydroxylation is 3. The number of hydrogen-bond donors (Lipinski definition) is 1. The van der Waals surface area contributed by atoms with Gasteiger partial charge in [0.25, 0.3) is 0 Å². The number of para-hydroxylation sites is 1. The predicted octanol–water partition coefficient (Wildman–Crippen LogP) is 5.98. The SMILES string of the molecule is CCc1ccc(C=NN2CCCc3cc(C)ccc32)c2c1[nH]c1ccccc12. The van der Waals surface area contributed by atoms with Gasteiger partial charge in [0.2, 0.25) is 0 Å². The summed E-state index contributed by atoms with van der Waals surface area (Å²) < 4.78 is 0. The molecule has 0 saturated heterocycles. The Bertz CT molecular complexity index is 1200. The molecule has 0 spiro atoms. The Balaban J connectivity index is 1.61. The molecule has 0 saturated carbocycles. The highest BCUT2D eigenvalue weighted by Crippen LogP contribution is 2.31. The van der Waals surface area contributed by atoms with Gasteiger partial charge in [0.15, 0.2) is 0 Å². The fourth-order valence-corrected chi connectivity index (χ4v) is 4.40. The summed E-state index contributed by atoms with van der Waals surface area (Å²) in [5, 5.41) is 9.62. The molecule has 1 aromatic heterocycles. The van der Waals surface area contributed by atoms with E-state index in [0.29, 0.717) is 0 Å². The van der Waals surface area contributed by atoms with E-state index in [1.165, 1.54) is 49.7 Å². The lowest BCUT2D eigenvalue weighted by Gasteiger charge is -2.27. The zero-order chi connectivity index (χ0) is 19.1. The molecule has 0 amide bonds. The fraction of sp³-hybridized carbons (Fsp3) is 0.240. The van der Waals surface area contributed by atoms with E-state index < -0.39 is 0 Å². The molecule has 1 aliphatic rings. The van der Waals surface area contributed by atoms with Crippen molar-refractivity contribution >= 4 is 33.7 Å². The molecular formula is C25H25N3. The summed E-state index contributed by atoms with van der Waals surface area (Å²) in [7, 11) is 0. The van der Waals surface area contributed by atoms with Crippen LogP contribution in [0, 0.1) is 6.92 Å². The van der Waals surface area contributed by atoms with Gasteiger partial charge in [0, 0.05) is 28.4 Å². The van der Waals surface area contributed by atoms with Crippen LogP contribution >= 0.6 is 0 Å². The number of fused-ring (bicyclic) bond motifs is 4. The average molecular weight is 367 g/mol. The van der Waals surface area contributed by atoms with Crippen LogP contribution in [0.3, 0.4) is 0 Å². The minimum absolute atomic E-state index is 0.969. The number of aromatic amines is 1. The lowest BCUT2D eigenvalue weighted by Crippen LogP contribution is -2.24. The summed E-state index contributed by atoms with van der Waals surface area (Å²) in [6.07, 6.45) is 5.34. The normalized spacial score (nSPS) is 14.3. The number of hydrazone groups is 1. The van der Waals surface area contributed by atoms with Crippen LogP contribution in [0.2, 0.25) is 0 Å². The Hall–Kier alpha value is -3.07. The number of aromatic nitrogens is 1. The van der Waals surface area contributed by atoms with Gasteiger partial charge in [-0.05, 0) is 49.4 Å². The van der Waals surface area contributed by atoms with Crippen molar-refractivity contribution in [2.24, 2.45) is 5.10 Å². The first-order chi connectivity index (χ1) is 13.7. The largest absolute Gasteiger partial charge is 0.354 e. The number of nitrogens with one attached hydrogen (secondary N) is 1. The van der Waals surface area contributed by atoms with E-state index in [1.54, 1.807) is 0 Å². The van der Waals surface area contributed by atoms with Crippen molar-refractivity contribution in [2.75, 3.05) is 11.6 Å². The number of benzene rings is 3. The van der Waals surface area contributed by atoms with Crippen molar-refractivity contribution in [1.29, 1.82) is 0 Å². The van der Waals surface area contributed by atoms with Gasteiger partial charge in [0.05, 0.1) is 17.4 Å². The zero-order valence-electron chi connectivity index (χ0n) is 16.5. The second kappa shape index (κ2) is 6.83. The number of rotatable bonds is 3. The smallest absolute Gasteiger partial charge is 0.0626 e. The first-order valence-electron chi connectivity index (χ1n) is 10.2. The van der Waals surface area contributed by atoms with E-state index in [0.717, 1.165) is 25.8 Å². The van der Waals surface area contributed by atoms with E-state index in [2.05, 4.69) is 78.4 Å². The number of hydrogen-bond acceptors (Lipinski definition) is 2. The van der Waals surface area contributed by atoms with Crippen molar-refractivity contribution in [1.82, 2.24) is 4.98 Å². The number of nitrogens with zero attached hydrogens (tertiary/aromatic N) is 2. The summed E-state index contributed by atoms with van der Waals surface area (Å²) >= 11 is 0. The van der Waals surface area contributed by atoms with Gasteiger partial charge in [0.1, 0.15) is 0 Å². The Kier molecular flexibility index (Phi) is 4.16. The maximum absolute atomic E-state index is 4.91. The molecule has 5 rings (SSSR count). The topological polar surface area (TPSA) is 31.4 Å². The van der Waals surface area contributed by atoms with Crippen LogP contribution in [0.15, 0.2) is 59.7 Å². The predicted molar refractivity (Wildman–Crippen MR) is 120 cm³/mol. The lowest BCUT2D eigenvalue weighted by atomic mass is 10.0. The molecule has 0 aliphatic carbocycles. The maximum atomic E-state index is 4.91. The van der Waals surface area contributed by atoms with Crippen LogP contribution in [0.5, 0.6) is 0 Å². The molecule has 1 N–H and O–H groups in total. The van der Waals surface area contributed by atoms with Gasteiger partial charge in [-0.3, -0.25) is 5.01 Å². The van der Waals surface area contributed by atoms with Crippen LogP contribution in [0.1, 0.15) is 35.6 Å². The van der Waals surface area contributed by atoms with Crippen LogP contribution in [-0.4, -0.2) is 17.7 Å². The standard InChI is InChI=1S/C25H25N3/c1-3-18-11-12-20(24-21-8-4-5-9-22(21)27-25(18)24)16-26-28-14-6-7-19-15-17(2)10-13-23(19)28/h4-5,8-13,15-16,27H,3,6-7,14H2,1-2H3. The minimum Gasteiger partial charge on any atom is -0.354 e. The molecule has 4 aromatic rings. The van der Waals surface area contributed by atoms with Gasteiger partial charge in [-0.15, -0.1) is 0 Å².